The lowest BCUT2D eigenvalue weighted by Crippen LogP contribution is -2.49. The van der Waals surface area contributed by atoms with Gasteiger partial charge in [0.2, 0.25) is 11.9 Å². The first kappa shape index (κ1) is 23.2. The molecule has 9 nitrogen and oxygen atoms in total. The molecule has 1 aliphatic rings. The van der Waals surface area contributed by atoms with Crippen LogP contribution >= 0.6 is 0 Å². The van der Waals surface area contributed by atoms with Crippen LogP contribution in [0.25, 0.3) is 11.3 Å². The normalized spacial score (nSPS) is 13.5. The van der Waals surface area contributed by atoms with Crippen molar-refractivity contribution in [2.45, 2.75) is 6.42 Å². The van der Waals surface area contributed by atoms with Gasteiger partial charge in [-0.3, -0.25) is 9.59 Å². The molecule has 0 saturated carbocycles. The molecule has 2 amide bonds. The van der Waals surface area contributed by atoms with Crippen molar-refractivity contribution < 1.29 is 18.5 Å². The Labute approximate surface area is 206 Å². The fraction of sp³-hybridized carbons (Fsp3) is 0.192. The van der Waals surface area contributed by atoms with E-state index in [9.17, 15) is 14.0 Å². The summed E-state index contributed by atoms with van der Waals surface area (Å²) in [5.41, 5.74) is 1.65. The van der Waals surface area contributed by atoms with E-state index in [1.807, 2.05) is 4.90 Å². The van der Waals surface area contributed by atoms with Gasteiger partial charge in [-0.2, -0.15) is 0 Å². The molecule has 0 bridgehead atoms. The SMILES string of the molecule is O=C(Nc1ccc(CC(=O)N2CCN(c3ncccn3)CC2)cc1)c1cc(-c2ccccc2F)on1. The Bertz CT molecular complexity index is 1350. The smallest absolute Gasteiger partial charge is 0.277 e. The zero-order chi connectivity index (χ0) is 24.9. The molecular formula is C26H23FN6O3. The lowest BCUT2D eigenvalue weighted by Gasteiger charge is -2.34. The molecule has 2 aromatic carbocycles. The van der Waals surface area contributed by atoms with Crippen LogP contribution in [0.15, 0.2) is 77.6 Å². The van der Waals surface area contributed by atoms with Crippen LogP contribution < -0.4 is 10.2 Å². The van der Waals surface area contributed by atoms with Crippen molar-refractivity contribution in [1.82, 2.24) is 20.0 Å². The maximum Gasteiger partial charge on any atom is 0.277 e. The highest BCUT2D eigenvalue weighted by atomic mass is 19.1. The molecule has 5 rings (SSSR count). The number of aromatic nitrogens is 3. The van der Waals surface area contributed by atoms with Crippen LogP contribution in [-0.4, -0.2) is 58.0 Å². The topological polar surface area (TPSA) is 104 Å². The van der Waals surface area contributed by atoms with Crippen LogP contribution in [0.1, 0.15) is 16.1 Å². The molecule has 182 valence electrons. The van der Waals surface area contributed by atoms with Crippen molar-refractivity contribution in [3.8, 4) is 11.3 Å². The third-order valence-electron chi connectivity index (χ3n) is 5.92. The Morgan fingerprint density at radius 1 is 0.944 bits per heavy atom. The van der Waals surface area contributed by atoms with Gasteiger partial charge < -0.3 is 19.6 Å². The van der Waals surface area contributed by atoms with E-state index in [1.54, 1.807) is 60.9 Å². The molecular weight excluding hydrogens is 463 g/mol. The highest BCUT2D eigenvalue weighted by Gasteiger charge is 2.22. The van der Waals surface area contributed by atoms with E-state index in [2.05, 4.69) is 25.3 Å². The summed E-state index contributed by atoms with van der Waals surface area (Å²) in [5, 5.41) is 6.48. The fourth-order valence-electron chi connectivity index (χ4n) is 3.97. The number of rotatable bonds is 6. The van der Waals surface area contributed by atoms with Crippen molar-refractivity contribution in [2.75, 3.05) is 36.4 Å². The minimum Gasteiger partial charge on any atom is -0.355 e. The van der Waals surface area contributed by atoms with Crippen molar-refractivity contribution in [1.29, 1.82) is 0 Å². The predicted molar refractivity (Wildman–Crippen MR) is 131 cm³/mol. The van der Waals surface area contributed by atoms with E-state index in [-0.39, 0.29) is 29.3 Å². The summed E-state index contributed by atoms with van der Waals surface area (Å²) in [6, 6.07) is 16.3. The average molecular weight is 487 g/mol. The quantitative estimate of drug-likeness (QED) is 0.445. The Hall–Kier alpha value is -4.60. The molecule has 2 aromatic heterocycles. The van der Waals surface area contributed by atoms with Gasteiger partial charge in [0.05, 0.1) is 12.0 Å². The summed E-state index contributed by atoms with van der Waals surface area (Å²) in [7, 11) is 0. The van der Waals surface area contributed by atoms with E-state index in [0.29, 0.717) is 37.8 Å². The van der Waals surface area contributed by atoms with Gasteiger partial charge in [-0.25, -0.2) is 14.4 Å². The molecule has 0 unspecified atom stereocenters. The summed E-state index contributed by atoms with van der Waals surface area (Å²) >= 11 is 0. The van der Waals surface area contributed by atoms with Crippen LogP contribution in [0, 0.1) is 5.82 Å². The van der Waals surface area contributed by atoms with E-state index in [4.69, 9.17) is 4.52 Å². The van der Waals surface area contributed by atoms with Crippen LogP contribution in [0.5, 0.6) is 0 Å². The van der Waals surface area contributed by atoms with E-state index < -0.39 is 11.7 Å². The summed E-state index contributed by atoms with van der Waals surface area (Å²) in [4.78, 5) is 37.7. The molecule has 4 aromatic rings. The average Bonchev–Trinajstić information content (AvgIpc) is 3.41. The van der Waals surface area contributed by atoms with Crippen molar-refractivity contribution in [3.05, 3.63) is 90.1 Å². The molecule has 1 saturated heterocycles. The number of nitrogens with zero attached hydrogens (tertiary/aromatic N) is 5. The number of hydrogen-bond donors (Lipinski definition) is 1. The summed E-state index contributed by atoms with van der Waals surface area (Å²) in [6.07, 6.45) is 3.69. The highest BCUT2D eigenvalue weighted by molar-refractivity contribution is 6.03. The minimum atomic E-state index is -0.481. The first-order valence-electron chi connectivity index (χ1n) is 11.5. The molecule has 10 heteroatoms. The van der Waals surface area contributed by atoms with Crippen molar-refractivity contribution in [3.63, 3.8) is 0 Å². The lowest BCUT2D eigenvalue weighted by molar-refractivity contribution is -0.130. The second-order valence-corrected chi connectivity index (χ2v) is 8.30. The van der Waals surface area contributed by atoms with E-state index in [0.717, 1.165) is 5.56 Å². The van der Waals surface area contributed by atoms with Crippen LogP contribution in [0.4, 0.5) is 16.0 Å². The van der Waals surface area contributed by atoms with Gasteiger partial charge in [0.25, 0.3) is 5.91 Å². The number of carbonyl (C=O) groups excluding carboxylic acids is 2. The molecule has 0 atom stereocenters. The number of piperazine rings is 1. The number of anilines is 2. The van der Waals surface area contributed by atoms with E-state index in [1.165, 1.54) is 12.1 Å². The molecule has 36 heavy (non-hydrogen) atoms. The van der Waals surface area contributed by atoms with Gasteiger partial charge in [0.15, 0.2) is 11.5 Å². The second-order valence-electron chi connectivity index (χ2n) is 8.30. The molecule has 0 spiro atoms. The largest absolute Gasteiger partial charge is 0.355 e. The zero-order valence-electron chi connectivity index (χ0n) is 19.3. The second kappa shape index (κ2) is 10.3. The van der Waals surface area contributed by atoms with Crippen molar-refractivity contribution >= 4 is 23.5 Å². The third kappa shape index (κ3) is 5.22. The van der Waals surface area contributed by atoms with E-state index >= 15 is 0 Å². The molecule has 1 N–H and O–H groups in total. The van der Waals surface area contributed by atoms with Gasteiger partial charge >= 0.3 is 0 Å². The van der Waals surface area contributed by atoms with Gasteiger partial charge in [-0.05, 0) is 35.9 Å². The van der Waals surface area contributed by atoms with Gasteiger partial charge in [-0.1, -0.05) is 29.4 Å². The first-order valence-corrected chi connectivity index (χ1v) is 11.5. The third-order valence-corrected chi connectivity index (χ3v) is 5.92. The molecule has 3 heterocycles. The Balaban J connectivity index is 1.14. The molecule has 1 aliphatic heterocycles. The lowest BCUT2D eigenvalue weighted by atomic mass is 10.1. The summed E-state index contributed by atoms with van der Waals surface area (Å²) in [6.45, 7) is 2.58. The maximum atomic E-state index is 13.9. The molecule has 0 radical (unpaired) electrons. The number of carbonyl (C=O) groups is 2. The van der Waals surface area contributed by atoms with Crippen LogP contribution in [-0.2, 0) is 11.2 Å². The number of nitrogens with one attached hydrogen (secondary N) is 1. The standard InChI is InChI=1S/C26H23FN6O3/c27-21-5-2-1-4-20(21)23-17-22(31-36-23)25(35)30-19-8-6-18(7-9-19)16-24(34)32-12-14-33(15-13-32)26-28-10-3-11-29-26/h1-11,17H,12-16H2,(H,30,35). The van der Waals surface area contributed by atoms with Crippen LogP contribution in [0.3, 0.4) is 0 Å². The molecule has 0 aliphatic carbocycles. The summed E-state index contributed by atoms with van der Waals surface area (Å²) in [5.74, 6) is -0.0486. The Kier molecular flexibility index (Phi) is 6.65. The van der Waals surface area contributed by atoms with Gasteiger partial charge in [0, 0.05) is 50.3 Å². The minimum absolute atomic E-state index is 0.0348. The monoisotopic (exact) mass is 486 g/mol. The highest BCUT2D eigenvalue weighted by Crippen LogP contribution is 2.23. The fourth-order valence-corrected chi connectivity index (χ4v) is 3.97. The summed E-state index contributed by atoms with van der Waals surface area (Å²) < 4.78 is 19.1. The van der Waals surface area contributed by atoms with Gasteiger partial charge in [0.1, 0.15) is 5.82 Å². The van der Waals surface area contributed by atoms with Crippen LogP contribution in [0.2, 0.25) is 0 Å². The first-order chi connectivity index (χ1) is 17.6. The predicted octanol–water partition coefficient (Wildman–Crippen LogP) is 3.41. The van der Waals surface area contributed by atoms with Gasteiger partial charge in [-0.15, -0.1) is 0 Å². The Morgan fingerprint density at radius 2 is 1.67 bits per heavy atom. The maximum absolute atomic E-state index is 13.9. The van der Waals surface area contributed by atoms with Crippen molar-refractivity contribution in [2.24, 2.45) is 0 Å². The number of benzene rings is 2. The number of amides is 2. The molecule has 1 fully saturated rings. The number of hydrogen-bond acceptors (Lipinski definition) is 7. The number of halogens is 1. The zero-order valence-corrected chi connectivity index (χ0v) is 19.3. The Morgan fingerprint density at radius 3 is 2.39 bits per heavy atom.